The third kappa shape index (κ3) is 7.09. The van der Waals surface area contributed by atoms with Crippen molar-refractivity contribution >= 4 is 17.1 Å². The number of nitrogens with one attached hydrogen (secondary N) is 1. The first-order valence-electron chi connectivity index (χ1n) is 12.0. The number of carbonyl (C=O) groups is 1. The van der Waals surface area contributed by atoms with Crippen molar-refractivity contribution in [1.82, 2.24) is 10.2 Å². The van der Waals surface area contributed by atoms with Crippen molar-refractivity contribution in [3.8, 4) is 11.5 Å². The number of ether oxygens (including phenoxy) is 2. The molecular weight excluding hydrogens is 432 g/mol. The van der Waals surface area contributed by atoms with Crippen LogP contribution in [0.3, 0.4) is 0 Å². The maximum Gasteiger partial charge on any atom is 0.412 e. The Kier molecular flexibility index (Phi) is 8.20. The van der Waals surface area contributed by atoms with Gasteiger partial charge < -0.3 is 24.1 Å². The van der Waals surface area contributed by atoms with E-state index in [-0.39, 0.29) is 17.8 Å². The highest BCUT2D eigenvalue weighted by atomic mass is 16.6. The molecule has 0 atom stereocenters. The molecule has 0 saturated heterocycles. The van der Waals surface area contributed by atoms with E-state index in [1.807, 2.05) is 43.4 Å². The molecule has 0 unspecified atom stereocenters. The number of hydrogen-bond donors (Lipinski definition) is 1. The maximum atomic E-state index is 12.2. The first-order valence-corrected chi connectivity index (χ1v) is 12.0. The SMILES string of the molecule is CN(CCCOc1ccc2ccc(=O)oc2c1)Cc1cccc(OC(=O)NC2CCCCC2)c1. The van der Waals surface area contributed by atoms with Crippen LogP contribution in [0, 0.1) is 0 Å². The molecule has 7 nitrogen and oxygen atoms in total. The standard InChI is InChI=1S/C27H32N2O5/c1-29(15-6-16-32-23-13-11-21-12-14-26(30)34-25(21)18-23)19-20-7-5-10-24(17-20)33-27(31)28-22-8-3-2-4-9-22/h5,7,10-14,17-18,22H,2-4,6,8-9,15-16,19H2,1H3,(H,28,31). The average molecular weight is 465 g/mol. The van der Waals surface area contributed by atoms with Crippen molar-refractivity contribution in [2.75, 3.05) is 20.2 Å². The Morgan fingerprint density at radius 2 is 1.88 bits per heavy atom. The third-order valence-corrected chi connectivity index (χ3v) is 6.04. The van der Waals surface area contributed by atoms with Crippen LogP contribution in [-0.4, -0.2) is 37.2 Å². The van der Waals surface area contributed by atoms with E-state index in [9.17, 15) is 9.59 Å². The van der Waals surface area contributed by atoms with Gasteiger partial charge in [0.25, 0.3) is 0 Å². The van der Waals surface area contributed by atoms with E-state index in [4.69, 9.17) is 13.9 Å². The van der Waals surface area contributed by atoms with Crippen molar-refractivity contribution in [3.63, 3.8) is 0 Å². The molecule has 34 heavy (non-hydrogen) atoms. The lowest BCUT2D eigenvalue weighted by Crippen LogP contribution is -2.38. The molecule has 0 aliphatic heterocycles. The summed E-state index contributed by atoms with van der Waals surface area (Å²) in [6.07, 6.45) is 6.10. The molecule has 180 valence electrons. The van der Waals surface area contributed by atoms with Gasteiger partial charge in [0.15, 0.2) is 0 Å². The molecule has 1 heterocycles. The van der Waals surface area contributed by atoms with E-state index in [0.29, 0.717) is 23.7 Å². The predicted molar refractivity (Wildman–Crippen MR) is 131 cm³/mol. The maximum absolute atomic E-state index is 12.2. The van der Waals surface area contributed by atoms with Gasteiger partial charge in [-0.2, -0.15) is 0 Å². The Morgan fingerprint density at radius 3 is 2.74 bits per heavy atom. The summed E-state index contributed by atoms with van der Waals surface area (Å²) < 4.78 is 16.5. The molecule has 4 rings (SSSR count). The van der Waals surface area contributed by atoms with Gasteiger partial charge in [0.05, 0.1) is 6.61 Å². The van der Waals surface area contributed by atoms with Crippen molar-refractivity contribution in [2.24, 2.45) is 0 Å². The van der Waals surface area contributed by atoms with E-state index >= 15 is 0 Å². The molecule has 1 aliphatic carbocycles. The molecule has 1 saturated carbocycles. The van der Waals surface area contributed by atoms with E-state index in [2.05, 4.69) is 10.2 Å². The van der Waals surface area contributed by atoms with Crippen LogP contribution in [-0.2, 0) is 6.54 Å². The molecule has 3 aromatic rings. The Labute approximate surface area is 199 Å². The van der Waals surface area contributed by atoms with Gasteiger partial charge in [-0.15, -0.1) is 0 Å². The minimum Gasteiger partial charge on any atom is -0.493 e. The number of fused-ring (bicyclic) bond motifs is 1. The van der Waals surface area contributed by atoms with Crippen LogP contribution in [0.5, 0.6) is 11.5 Å². The van der Waals surface area contributed by atoms with Gasteiger partial charge in [-0.05, 0) is 62.2 Å². The third-order valence-electron chi connectivity index (χ3n) is 6.04. The highest BCUT2D eigenvalue weighted by Gasteiger charge is 2.16. The zero-order chi connectivity index (χ0) is 23.8. The summed E-state index contributed by atoms with van der Waals surface area (Å²) in [5.74, 6) is 1.24. The first kappa shape index (κ1) is 23.8. The summed E-state index contributed by atoms with van der Waals surface area (Å²) in [7, 11) is 2.05. The molecule has 1 amide bonds. The molecule has 1 aliphatic rings. The minimum atomic E-state index is -0.373. The van der Waals surface area contributed by atoms with Crippen LogP contribution in [0.4, 0.5) is 4.79 Å². The van der Waals surface area contributed by atoms with Crippen molar-refractivity contribution in [2.45, 2.75) is 51.1 Å². The Bertz CT molecular complexity index is 1150. The van der Waals surface area contributed by atoms with Crippen molar-refractivity contribution < 1.29 is 18.7 Å². The Hall–Kier alpha value is -3.32. The van der Waals surface area contributed by atoms with Gasteiger partial charge in [0.2, 0.25) is 0 Å². The second-order valence-electron chi connectivity index (χ2n) is 8.91. The number of amides is 1. The normalized spacial score (nSPS) is 14.3. The molecule has 0 bridgehead atoms. The lowest BCUT2D eigenvalue weighted by atomic mass is 9.96. The second kappa shape index (κ2) is 11.7. The van der Waals surface area contributed by atoms with Crippen LogP contribution in [0.15, 0.2) is 63.8 Å². The van der Waals surface area contributed by atoms with Crippen LogP contribution < -0.4 is 20.4 Å². The number of nitrogens with zero attached hydrogens (tertiary/aromatic N) is 1. The monoisotopic (exact) mass is 464 g/mol. The molecule has 1 N–H and O–H groups in total. The largest absolute Gasteiger partial charge is 0.493 e. The summed E-state index contributed by atoms with van der Waals surface area (Å²) in [5, 5.41) is 3.85. The molecule has 1 aromatic heterocycles. The highest BCUT2D eigenvalue weighted by molar-refractivity contribution is 5.77. The summed E-state index contributed by atoms with van der Waals surface area (Å²) in [5.41, 5.74) is 1.23. The van der Waals surface area contributed by atoms with Gasteiger partial charge >= 0.3 is 11.7 Å². The van der Waals surface area contributed by atoms with Crippen LogP contribution >= 0.6 is 0 Å². The summed E-state index contributed by atoms with van der Waals surface area (Å²) >= 11 is 0. The van der Waals surface area contributed by atoms with Gasteiger partial charge in [0.1, 0.15) is 17.1 Å². The number of carbonyl (C=O) groups excluding carboxylic acids is 1. The van der Waals surface area contributed by atoms with Gasteiger partial charge in [-0.1, -0.05) is 31.4 Å². The lowest BCUT2D eigenvalue weighted by molar-refractivity contribution is 0.192. The Balaban J connectivity index is 1.20. The quantitative estimate of drug-likeness (QED) is 0.350. The van der Waals surface area contributed by atoms with E-state index in [1.165, 1.54) is 12.5 Å². The number of hydrogen-bond acceptors (Lipinski definition) is 6. The fraction of sp³-hybridized carbons (Fsp3) is 0.407. The molecule has 0 spiro atoms. The van der Waals surface area contributed by atoms with Gasteiger partial charge in [-0.25, -0.2) is 9.59 Å². The van der Waals surface area contributed by atoms with Crippen LogP contribution in [0.25, 0.3) is 11.0 Å². The minimum absolute atomic E-state index is 0.228. The molecular formula is C27H32N2O5. The van der Waals surface area contributed by atoms with E-state index < -0.39 is 0 Å². The van der Waals surface area contributed by atoms with Crippen LogP contribution in [0.1, 0.15) is 44.1 Å². The summed E-state index contributed by atoms with van der Waals surface area (Å²) in [4.78, 5) is 25.8. The smallest absolute Gasteiger partial charge is 0.412 e. The second-order valence-corrected chi connectivity index (χ2v) is 8.91. The molecule has 7 heteroatoms. The first-order chi connectivity index (χ1) is 16.5. The number of benzene rings is 2. The molecule has 2 aromatic carbocycles. The van der Waals surface area contributed by atoms with Crippen molar-refractivity contribution in [3.05, 3.63) is 70.6 Å². The zero-order valence-corrected chi connectivity index (χ0v) is 19.6. The lowest BCUT2D eigenvalue weighted by Gasteiger charge is -2.22. The topological polar surface area (TPSA) is 81.0 Å². The fourth-order valence-corrected chi connectivity index (χ4v) is 4.30. The fourth-order valence-electron chi connectivity index (χ4n) is 4.30. The average Bonchev–Trinajstić information content (AvgIpc) is 2.82. The zero-order valence-electron chi connectivity index (χ0n) is 19.6. The predicted octanol–water partition coefficient (Wildman–Crippen LogP) is 5.12. The van der Waals surface area contributed by atoms with E-state index in [0.717, 1.165) is 56.1 Å². The van der Waals surface area contributed by atoms with Crippen LogP contribution in [0.2, 0.25) is 0 Å². The van der Waals surface area contributed by atoms with Gasteiger partial charge in [0, 0.05) is 36.7 Å². The van der Waals surface area contributed by atoms with Gasteiger partial charge in [-0.3, -0.25) is 0 Å². The molecule has 1 fully saturated rings. The highest BCUT2D eigenvalue weighted by Crippen LogP contribution is 2.20. The molecule has 0 radical (unpaired) electrons. The summed E-state index contributed by atoms with van der Waals surface area (Å²) in [6, 6.07) is 16.5. The van der Waals surface area contributed by atoms with E-state index in [1.54, 1.807) is 12.1 Å². The summed E-state index contributed by atoms with van der Waals surface area (Å²) in [6.45, 7) is 2.13. The van der Waals surface area contributed by atoms with Crippen molar-refractivity contribution in [1.29, 1.82) is 0 Å². The number of rotatable bonds is 9. The Morgan fingerprint density at radius 1 is 1.06 bits per heavy atom.